The van der Waals surface area contributed by atoms with E-state index in [1.54, 1.807) is 11.8 Å². The van der Waals surface area contributed by atoms with Gasteiger partial charge in [0, 0.05) is 24.9 Å². The average Bonchev–Trinajstić information content (AvgIpc) is 3.09. The lowest BCUT2D eigenvalue weighted by atomic mass is 10.1. The Morgan fingerprint density at radius 3 is 2.77 bits per heavy atom. The number of thioether (sulfide) groups is 2. The van der Waals surface area contributed by atoms with Crippen LogP contribution in [-0.4, -0.2) is 46.3 Å². The van der Waals surface area contributed by atoms with Crippen molar-refractivity contribution in [1.82, 2.24) is 5.32 Å². The van der Waals surface area contributed by atoms with Crippen molar-refractivity contribution >= 4 is 45.2 Å². The van der Waals surface area contributed by atoms with Crippen LogP contribution in [0.1, 0.15) is 5.56 Å². The Morgan fingerprint density at radius 1 is 1.38 bits per heavy atom. The van der Waals surface area contributed by atoms with Crippen molar-refractivity contribution in [3.05, 3.63) is 33.9 Å². The maximum absolute atomic E-state index is 12.6. The van der Waals surface area contributed by atoms with Crippen molar-refractivity contribution in [2.45, 2.75) is 6.18 Å². The van der Waals surface area contributed by atoms with E-state index < -0.39 is 22.4 Å². The number of aliphatic imine (C=N–C) groups is 1. The number of amides is 1. The highest BCUT2D eigenvalue weighted by Crippen LogP contribution is 2.34. The molecule has 1 aliphatic heterocycles. The first-order valence-corrected chi connectivity index (χ1v) is 9.41. The largest absolute Gasteiger partial charge is 0.416 e. The number of nitro benzene ring substituents is 1. The second-order valence-electron chi connectivity index (χ2n) is 5.05. The first-order valence-electron chi connectivity index (χ1n) is 7.43. The molecular formula is C14H15F3N4O3S2. The molecule has 1 heterocycles. The molecule has 0 bridgehead atoms. The van der Waals surface area contributed by atoms with E-state index in [2.05, 4.69) is 15.6 Å². The SMILES string of the molecule is O=C(CSC1=NCCS1)NCCNc1ccc(C(F)(F)F)cc1[N+](=O)[O-]. The van der Waals surface area contributed by atoms with E-state index in [9.17, 15) is 28.1 Å². The van der Waals surface area contributed by atoms with Crippen LogP contribution in [0.4, 0.5) is 24.5 Å². The molecule has 0 radical (unpaired) electrons. The Hall–Kier alpha value is -1.95. The molecule has 7 nitrogen and oxygen atoms in total. The van der Waals surface area contributed by atoms with Crippen LogP contribution in [0.15, 0.2) is 23.2 Å². The second-order valence-corrected chi connectivity index (χ2v) is 7.35. The first kappa shape index (κ1) is 20.4. The van der Waals surface area contributed by atoms with E-state index in [1.807, 2.05) is 0 Å². The third-order valence-electron chi connectivity index (χ3n) is 3.17. The summed E-state index contributed by atoms with van der Waals surface area (Å²) < 4.78 is 38.8. The predicted octanol–water partition coefficient (Wildman–Crippen LogP) is 2.98. The second kappa shape index (κ2) is 9.12. The zero-order valence-electron chi connectivity index (χ0n) is 13.3. The molecule has 1 aliphatic rings. The highest BCUT2D eigenvalue weighted by Gasteiger charge is 2.32. The van der Waals surface area contributed by atoms with Crippen molar-refractivity contribution in [3.8, 4) is 0 Å². The molecule has 0 spiro atoms. The lowest BCUT2D eigenvalue weighted by Gasteiger charge is -2.11. The summed E-state index contributed by atoms with van der Waals surface area (Å²) in [7, 11) is 0. The van der Waals surface area contributed by atoms with E-state index in [-0.39, 0.29) is 30.4 Å². The maximum Gasteiger partial charge on any atom is 0.416 e. The molecule has 26 heavy (non-hydrogen) atoms. The summed E-state index contributed by atoms with van der Waals surface area (Å²) in [4.78, 5) is 26.0. The quantitative estimate of drug-likeness (QED) is 0.409. The number of benzene rings is 1. The van der Waals surface area contributed by atoms with E-state index in [1.165, 1.54) is 11.8 Å². The molecule has 2 N–H and O–H groups in total. The minimum absolute atomic E-state index is 0.0386. The summed E-state index contributed by atoms with van der Waals surface area (Å²) in [6, 6.07) is 2.26. The highest BCUT2D eigenvalue weighted by atomic mass is 32.2. The normalized spacial score (nSPS) is 14.0. The lowest BCUT2D eigenvalue weighted by Crippen LogP contribution is -2.30. The van der Waals surface area contributed by atoms with Gasteiger partial charge in [-0.1, -0.05) is 23.5 Å². The van der Waals surface area contributed by atoms with Crippen LogP contribution >= 0.6 is 23.5 Å². The minimum atomic E-state index is -4.66. The molecule has 0 fully saturated rings. The molecule has 0 saturated heterocycles. The van der Waals surface area contributed by atoms with Crippen molar-refractivity contribution in [3.63, 3.8) is 0 Å². The number of carbonyl (C=O) groups is 1. The molecule has 0 atom stereocenters. The fourth-order valence-corrected chi connectivity index (χ4v) is 3.83. The van der Waals surface area contributed by atoms with Gasteiger partial charge in [-0.05, 0) is 12.1 Å². The zero-order valence-corrected chi connectivity index (χ0v) is 15.0. The third kappa shape index (κ3) is 6.09. The highest BCUT2D eigenvalue weighted by molar-refractivity contribution is 8.39. The Balaban J connectivity index is 1.81. The van der Waals surface area contributed by atoms with Gasteiger partial charge >= 0.3 is 6.18 Å². The molecular weight excluding hydrogens is 393 g/mol. The van der Waals surface area contributed by atoms with Gasteiger partial charge in [-0.2, -0.15) is 13.2 Å². The van der Waals surface area contributed by atoms with E-state index in [0.717, 1.165) is 28.8 Å². The van der Waals surface area contributed by atoms with Crippen LogP contribution in [0.3, 0.4) is 0 Å². The molecule has 0 aromatic heterocycles. The van der Waals surface area contributed by atoms with Crippen molar-refractivity contribution in [2.24, 2.45) is 4.99 Å². The molecule has 142 valence electrons. The average molecular weight is 408 g/mol. The molecule has 2 rings (SSSR count). The van der Waals surface area contributed by atoms with Gasteiger partial charge in [0.2, 0.25) is 5.91 Å². The van der Waals surface area contributed by atoms with Gasteiger partial charge in [-0.25, -0.2) is 0 Å². The summed E-state index contributed by atoms with van der Waals surface area (Å²) in [5, 5.41) is 16.3. The van der Waals surface area contributed by atoms with Crippen LogP contribution < -0.4 is 10.6 Å². The van der Waals surface area contributed by atoms with Crippen molar-refractivity contribution < 1.29 is 22.9 Å². The summed E-state index contributed by atoms with van der Waals surface area (Å²) in [5.74, 6) is 0.917. The molecule has 12 heteroatoms. The lowest BCUT2D eigenvalue weighted by molar-refractivity contribution is -0.384. The minimum Gasteiger partial charge on any atom is -0.378 e. The van der Waals surface area contributed by atoms with Gasteiger partial charge in [0.1, 0.15) is 10.1 Å². The standard InChI is InChI=1S/C14H15F3N4O3S2/c15-14(16,17)9-1-2-10(11(7-9)21(23)24)18-3-4-19-12(22)8-26-13-20-5-6-25-13/h1-2,7,18H,3-6,8H2,(H,19,22). The van der Waals surface area contributed by atoms with E-state index in [0.29, 0.717) is 6.07 Å². The van der Waals surface area contributed by atoms with Crippen LogP contribution in [0.5, 0.6) is 0 Å². The van der Waals surface area contributed by atoms with E-state index in [4.69, 9.17) is 0 Å². The molecule has 1 aromatic rings. The van der Waals surface area contributed by atoms with Gasteiger partial charge in [0.05, 0.1) is 22.8 Å². The smallest absolute Gasteiger partial charge is 0.378 e. The summed E-state index contributed by atoms with van der Waals surface area (Å²) in [6.45, 7) is 1.07. The monoisotopic (exact) mass is 408 g/mol. The van der Waals surface area contributed by atoms with Gasteiger partial charge in [0.15, 0.2) is 0 Å². The third-order valence-corrected chi connectivity index (χ3v) is 5.42. The molecule has 1 aromatic carbocycles. The number of nitrogens with zero attached hydrogens (tertiary/aromatic N) is 2. The van der Waals surface area contributed by atoms with Gasteiger partial charge in [-0.15, -0.1) is 0 Å². The molecule has 0 aliphatic carbocycles. The Kier molecular flexibility index (Phi) is 7.14. The van der Waals surface area contributed by atoms with Crippen molar-refractivity contribution in [2.75, 3.05) is 36.5 Å². The zero-order chi connectivity index (χ0) is 19.2. The number of halogens is 3. The fraction of sp³-hybridized carbons (Fsp3) is 0.429. The fourth-order valence-electron chi connectivity index (χ4n) is 1.99. The molecule has 0 saturated carbocycles. The Labute approximate surface area is 155 Å². The number of rotatable bonds is 7. The summed E-state index contributed by atoms with van der Waals surface area (Å²) >= 11 is 2.94. The van der Waals surface area contributed by atoms with Gasteiger partial charge in [-0.3, -0.25) is 19.9 Å². The van der Waals surface area contributed by atoms with Crippen LogP contribution in [0.2, 0.25) is 0 Å². The number of hydrogen-bond acceptors (Lipinski definition) is 7. The number of nitrogens with one attached hydrogen (secondary N) is 2. The number of alkyl halides is 3. The van der Waals surface area contributed by atoms with E-state index >= 15 is 0 Å². The number of carbonyl (C=O) groups excluding carboxylic acids is 1. The Bertz CT molecular complexity index is 713. The predicted molar refractivity (Wildman–Crippen MR) is 96.8 cm³/mol. The van der Waals surface area contributed by atoms with Gasteiger partial charge < -0.3 is 10.6 Å². The number of nitro groups is 1. The molecule has 0 unspecified atom stereocenters. The summed E-state index contributed by atoms with van der Waals surface area (Å²) in [6.07, 6.45) is -4.66. The number of hydrogen-bond donors (Lipinski definition) is 2. The van der Waals surface area contributed by atoms with Crippen LogP contribution in [0, 0.1) is 10.1 Å². The van der Waals surface area contributed by atoms with Crippen LogP contribution in [0.25, 0.3) is 0 Å². The molecule has 1 amide bonds. The first-order chi connectivity index (χ1) is 12.3. The maximum atomic E-state index is 12.6. The van der Waals surface area contributed by atoms with Crippen LogP contribution in [-0.2, 0) is 11.0 Å². The number of anilines is 1. The topological polar surface area (TPSA) is 96.6 Å². The van der Waals surface area contributed by atoms with Gasteiger partial charge in [0.25, 0.3) is 5.69 Å². The van der Waals surface area contributed by atoms with Crippen molar-refractivity contribution in [1.29, 1.82) is 0 Å². The summed E-state index contributed by atoms with van der Waals surface area (Å²) in [5.41, 5.74) is -1.80. The Morgan fingerprint density at radius 2 is 2.15 bits per heavy atom.